The molecule has 21 heavy (non-hydrogen) atoms. The highest BCUT2D eigenvalue weighted by Crippen LogP contribution is 2.15. The second-order valence-corrected chi connectivity index (χ2v) is 5.15. The number of rotatable bonds is 5. The molecule has 1 unspecified atom stereocenters. The first-order valence-electron chi connectivity index (χ1n) is 6.71. The predicted octanol–water partition coefficient (Wildman–Crippen LogP) is 1.86. The summed E-state index contributed by atoms with van der Waals surface area (Å²) in [5.41, 5.74) is 1.54. The number of carboxylic acid groups (broad SMARTS) is 1. The first-order chi connectivity index (χ1) is 9.99. The molecule has 2 aromatic rings. The Hall–Kier alpha value is -2.50. The lowest BCUT2D eigenvalue weighted by molar-refractivity contribution is -0.137. The van der Waals surface area contributed by atoms with E-state index in [1.807, 2.05) is 13.8 Å². The quantitative estimate of drug-likeness (QED) is 0.875. The van der Waals surface area contributed by atoms with Gasteiger partial charge in [-0.2, -0.15) is 0 Å². The Kier molecular flexibility index (Phi) is 4.47. The molecule has 2 rings (SSSR count). The average molecular weight is 287 g/mol. The van der Waals surface area contributed by atoms with E-state index < -0.39 is 12.0 Å². The number of hydrogen-bond donors (Lipinski definition) is 2. The van der Waals surface area contributed by atoms with Crippen LogP contribution in [0.4, 0.5) is 0 Å². The highest BCUT2D eigenvalue weighted by Gasteiger charge is 2.21. The van der Waals surface area contributed by atoms with Gasteiger partial charge in [0.05, 0.1) is 17.5 Å². The molecule has 0 aliphatic carbocycles. The maximum absolute atomic E-state index is 12.4. The maximum atomic E-state index is 12.4. The third-order valence-electron chi connectivity index (χ3n) is 3.26. The minimum Gasteiger partial charge on any atom is -0.481 e. The topological polar surface area (TPSA) is 92.2 Å². The Labute approximate surface area is 122 Å². The molecular formula is C15H17N3O3. The minimum atomic E-state index is -0.938. The molecule has 0 spiro atoms. The second-order valence-electron chi connectivity index (χ2n) is 5.15. The Morgan fingerprint density at radius 2 is 1.95 bits per heavy atom. The summed E-state index contributed by atoms with van der Waals surface area (Å²) in [6.07, 6.45) is 2.97. The summed E-state index contributed by atoms with van der Waals surface area (Å²) >= 11 is 0. The number of amides is 1. The lowest BCUT2D eigenvalue weighted by Crippen LogP contribution is -2.40. The van der Waals surface area contributed by atoms with Crippen LogP contribution in [0.5, 0.6) is 0 Å². The minimum absolute atomic E-state index is 0.0195. The zero-order valence-electron chi connectivity index (χ0n) is 11.9. The first kappa shape index (κ1) is 14.9. The van der Waals surface area contributed by atoms with Gasteiger partial charge in [0.2, 0.25) is 0 Å². The zero-order valence-corrected chi connectivity index (χ0v) is 11.9. The SMILES string of the molecule is CC(C)C(CC(=O)O)NC(=O)c1cccc2nccnc12. The normalized spacial score (nSPS) is 12.3. The van der Waals surface area contributed by atoms with Gasteiger partial charge in [-0.05, 0) is 18.1 Å². The van der Waals surface area contributed by atoms with Crippen molar-refractivity contribution in [2.75, 3.05) is 0 Å². The summed E-state index contributed by atoms with van der Waals surface area (Å²) in [5, 5.41) is 11.7. The molecule has 0 saturated heterocycles. The number of carbonyl (C=O) groups excluding carboxylic acids is 1. The van der Waals surface area contributed by atoms with E-state index in [9.17, 15) is 9.59 Å². The van der Waals surface area contributed by atoms with Crippen molar-refractivity contribution < 1.29 is 14.7 Å². The van der Waals surface area contributed by atoms with Crippen molar-refractivity contribution in [2.45, 2.75) is 26.3 Å². The molecule has 1 aromatic heterocycles. The number of carbonyl (C=O) groups is 2. The van der Waals surface area contributed by atoms with Crippen LogP contribution in [0.3, 0.4) is 0 Å². The van der Waals surface area contributed by atoms with E-state index >= 15 is 0 Å². The fraction of sp³-hybridized carbons (Fsp3) is 0.333. The first-order valence-corrected chi connectivity index (χ1v) is 6.71. The molecule has 1 amide bonds. The number of benzene rings is 1. The van der Waals surface area contributed by atoms with Crippen molar-refractivity contribution in [3.63, 3.8) is 0 Å². The number of fused-ring (bicyclic) bond motifs is 1. The van der Waals surface area contributed by atoms with Crippen LogP contribution >= 0.6 is 0 Å². The molecule has 1 heterocycles. The number of hydrogen-bond acceptors (Lipinski definition) is 4. The molecule has 0 radical (unpaired) electrons. The molecule has 1 atom stereocenters. The molecule has 0 aliphatic heterocycles. The van der Waals surface area contributed by atoms with Crippen LogP contribution < -0.4 is 5.32 Å². The van der Waals surface area contributed by atoms with Crippen molar-refractivity contribution in [3.8, 4) is 0 Å². The summed E-state index contributed by atoms with van der Waals surface area (Å²) in [4.78, 5) is 31.6. The summed E-state index contributed by atoms with van der Waals surface area (Å²) < 4.78 is 0. The molecule has 110 valence electrons. The lowest BCUT2D eigenvalue weighted by atomic mass is 10.0. The van der Waals surface area contributed by atoms with Crippen LogP contribution in [0.2, 0.25) is 0 Å². The van der Waals surface area contributed by atoms with Crippen LogP contribution in [0.15, 0.2) is 30.6 Å². The van der Waals surface area contributed by atoms with E-state index in [1.54, 1.807) is 24.4 Å². The highest BCUT2D eigenvalue weighted by atomic mass is 16.4. The van der Waals surface area contributed by atoms with Crippen LogP contribution in [0.1, 0.15) is 30.6 Å². The fourth-order valence-corrected chi connectivity index (χ4v) is 2.06. The predicted molar refractivity (Wildman–Crippen MR) is 77.9 cm³/mol. The van der Waals surface area contributed by atoms with E-state index in [0.29, 0.717) is 16.6 Å². The Bertz CT molecular complexity index is 665. The van der Waals surface area contributed by atoms with E-state index in [0.717, 1.165) is 0 Å². The lowest BCUT2D eigenvalue weighted by Gasteiger charge is -2.20. The monoisotopic (exact) mass is 287 g/mol. The standard InChI is InChI=1S/C15H17N3O3/c1-9(2)12(8-13(19)20)18-15(21)10-4-3-5-11-14(10)17-7-6-16-11/h3-7,9,12H,8H2,1-2H3,(H,18,21)(H,19,20). The number of nitrogens with zero attached hydrogens (tertiary/aromatic N) is 2. The maximum Gasteiger partial charge on any atom is 0.305 e. The molecule has 2 N–H and O–H groups in total. The van der Waals surface area contributed by atoms with Gasteiger partial charge in [0, 0.05) is 18.4 Å². The second kappa shape index (κ2) is 6.30. The summed E-state index contributed by atoms with van der Waals surface area (Å²) in [5.74, 6) is -1.25. The number of aromatic nitrogens is 2. The number of para-hydroxylation sites is 1. The van der Waals surface area contributed by atoms with Gasteiger partial charge in [-0.15, -0.1) is 0 Å². The van der Waals surface area contributed by atoms with Gasteiger partial charge in [-0.1, -0.05) is 19.9 Å². The number of nitrogens with one attached hydrogen (secondary N) is 1. The van der Waals surface area contributed by atoms with Crippen molar-refractivity contribution in [2.24, 2.45) is 5.92 Å². The number of aliphatic carboxylic acids is 1. The molecule has 0 saturated carbocycles. The van der Waals surface area contributed by atoms with Gasteiger partial charge in [-0.25, -0.2) is 0 Å². The van der Waals surface area contributed by atoms with Crippen LogP contribution in [0, 0.1) is 5.92 Å². The summed E-state index contributed by atoms with van der Waals surface area (Å²) in [7, 11) is 0. The Balaban J connectivity index is 2.27. The van der Waals surface area contributed by atoms with Gasteiger partial charge in [0.15, 0.2) is 0 Å². The molecule has 0 fully saturated rings. The fourth-order valence-electron chi connectivity index (χ4n) is 2.06. The van der Waals surface area contributed by atoms with Gasteiger partial charge in [0.1, 0.15) is 5.52 Å². The third kappa shape index (κ3) is 3.53. The van der Waals surface area contributed by atoms with Crippen molar-refractivity contribution in [1.29, 1.82) is 0 Å². The van der Waals surface area contributed by atoms with Crippen molar-refractivity contribution >= 4 is 22.9 Å². The van der Waals surface area contributed by atoms with Crippen molar-refractivity contribution in [1.82, 2.24) is 15.3 Å². The zero-order chi connectivity index (χ0) is 15.4. The van der Waals surface area contributed by atoms with Crippen LogP contribution in [-0.4, -0.2) is 33.0 Å². The number of carboxylic acids is 1. The molecule has 0 aliphatic rings. The van der Waals surface area contributed by atoms with E-state index in [2.05, 4.69) is 15.3 Å². The Morgan fingerprint density at radius 1 is 1.24 bits per heavy atom. The molecule has 1 aromatic carbocycles. The molecule has 6 nitrogen and oxygen atoms in total. The van der Waals surface area contributed by atoms with E-state index in [4.69, 9.17) is 5.11 Å². The van der Waals surface area contributed by atoms with Crippen LogP contribution in [-0.2, 0) is 4.79 Å². The van der Waals surface area contributed by atoms with Gasteiger partial charge < -0.3 is 10.4 Å². The van der Waals surface area contributed by atoms with Crippen molar-refractivity contribution in [3.05, 3.63) is 36.2 Å². The van der Waals surface area contributed by atoms with Gasteiger partial charge in [-0.3, -0.25) is 19.6 Å². The van der Waals surface area contributed by atoms with E-state index in [-0.39, 0.29) is 18.2 Å². The smallest absolute Gasteiger partial charge is 0.305 e. The van der Waals surface area contributed by atoms with Crippen LogP contribution in [0.25, 0.3) is 11.0 Å². The third-order valence-corrected chi connectivity index (χ3v) is 3.26. The van der Waals surface area contributed by atoms with Gasteiger partial charge in [0.25, 0.3) is 5.91 Å². The summed E-state index contributed by atoms with van der Waals surface area (Å²) in [6, 6.07) is 4.73. The largest absolute Gasteiger partial charge is 0.481 e. The van der Waals surface area contributed by atoms with E-state index in [1.165, 1.54) is 6.20 Å². The molecule has 6 heteroatoms. The molecular weight excluding hydrogens is 270 g/mol. The Morgan fingerprint density at radius 3 is 2.62 bits per heavy atom. The average Bonchev–Trinajstić information content (AvgIpc) is 2.45. The highest BCUT2D eigenvalue weighted by molar-refractivity contribution is 6.04. The molecule has 0 bridgehead atoms. The van der Waals surface area contributed by atoms with Gasteiger partial charge >= 0.3 is 5.97 Å². The summed E-state index contributed by atoms with van der Waals surface area (Å²) in [6.45, 7) is 3.74.